The minimum absolute atomic E-state index is 0.244. The predicted molar refractivity (Wildman–Crippen MR) is 129 cm³/mol. The Kier molecular flexibility index (Phi) is 6.97. The van der Waals surface area contributed by atoms with E-state index in [-0.39, 0.29) is 5.56 Å². The molecule has 0 amide bonds. The number of rotatable bonds is 7. The van der Waals surface area contributed by atoms with Crippen molar-refractivity contribution in [3.05, 3.63) is 63.9 Å². The molecule has 0 spiro atoms. The van der Waals surface area contributed by atoms with Crippen molar-refractivity contribution in [3.8, 4) is 22.7 Å². The fourth-order valence-corrected chi connectivity index (χ4v) is 4.01. The van der Waals surface area contributed by atoms with Crippen molar-refractivity contribution in [1.82, 2.24) is 9.78 Å². The summed E-state index contributed by atoms with van der Waals surface area (Å²) in [6.45, 7) is 5.53. The maximum Gasteiger partial charge on any atom is 0.294 e. The van der Waals surface area contributed by atoms with Gasteiger partial charge in [-0.1, -0.05) is 36.7 Å². The fourth-order valence-electron chi connectivity index (χ4n) is 3.69. The van der Waals surface area contributed by atoms with E-state index in [4.69, 9.17) is 21.1 Å². The van der Waals surface area contributed by atoms with Gasteiger partial charge in [0.1, 0.15) is 11.4 Å². The zero-order valence-corrected chi connectivity index (χ0v) is 19.1. The Hall–Kier alpha value is -3.03. The third-order valence-corrected chi connectivity index (χ3v) is 5.77. The molecule has 0 unspecified atom stereocenters. The topological polar surface area (TPSA) is 68.6 Å². The molecule has 1 saturated heterocycles. The molecule has 8 heteroatoms. The number of nitrogens with zero attached hydrogens (tertiary/aromatic N) is 3. The molecule has 1 aliphatic rings. The Labute approximate surface area is 192 Å². The average Bonchev–Trinajstić information content (AvgIpc) is 2.84. The number of nitrogens with one attached hydrogen (secondary N) is 1. The van der Waals surface area contributed by atoms with Crippen molar-refractivity contribution in [2.45, 2.75) is 13.3 Å². The molecule has 1 aromatic heterocycles. The number of benzene rings is 2. The van der Waals surface area contributed by atoms with Gasteiger partial charge in [-0.25, -0.2) is 0 Å². The lowest BCUT2D eigenvalue weighted by Crippen LogP contribution is -2.36. The highest BCUT2D eigenvalue weighted by Crippen LogP contribution is 2.32. The molecule has 168 valence electrons. The number of halogens is 1. The van der Waals surface area contributed by atoms with Gasteiger partial charge in [0.05, 0.1) is 42.4 Å². The predicted octanol–water partition coefficient (Wildman–Crippen LogP) is 4.22. The molecule has 4 rings (SSSR count). The van der Waals surface area contributed by atoms with Gasteiger partial charge in [-0.15, -0.1) is 0 Å². The van der Waals surface area contributed by atoms with Gasteiger partial charge < -0.3 is 19.7 Å². The van der Waals surface area contributed by atoms with Crippen LogP contribution in [0, 0.1) is 0 Å². The van der Waals surface area contributed by atoms with E-state index in [1.165, 1.54) is 4.68 Å². The molecule has 0 atom stereocenters. The lowest BCUT2D eigenvalue weighted by molar-refractivity contribution is 0.122. The Morgan fingerprint density at radius 2 is 1.88 bits per heavy atom. The molecular weight excluding hydrogens is 428 g/mol. The Balaban J connectivity index is 1.85. The summed E-state index contributed by atoms with van der Waals surface area (Å²) in [5, 5.41) is 8.41. The highest BCUT2D eigenvalue weighted by atomic mass is 35.5. The van der Waals surface area contributed by atoms with Crippen LogP contribution in [0.4, 0.5) is 11.4 Å². The van der Waals surface area contributed by atoms with Gasteiger partial charge in [0, 0.05) is 25.2 Å². The van der Waals surface area contributed by atoms with Crippen LogP contribution in [0.5, 0.6) is 5.75 Å². The summed E-state index contributed by atoms with van der Waals surface area (Å²) in [5.74, 6) is 0.720. The molecule has 1 fully saturated rings. The number of morpholine rings is 1. The molecule has 7 nitrogen and oxygen atoms in total. The van der Waals surface area contributed by atoms with Crippen LogP contribution in [0.25, 0.3) is 16.9 Å². The zero-order chi connectivity index (χ0) is 22.5. The van der Waals surface area contributed by atoms with Gasteiger partial charge in [-0.3, -0.25) is 4.79 Å². The van der Waals surface area contributed by atoms with E-state index in [2.05, 4.69) is 22.2 Å². The summed E-state index contributed by atoms with van der Waals surface area (Å²) in [7, 11) is 1.62. The third-order valence-electron chi connectivity index (χ3n) is 5.38. The lowest BCUT2D eigenvalue weighted by atomic mass is 10.1. The summed E-state index contributed by atoms with van der Waals surface area (Å²) < 4.78 is 12.2. The molecule has 0 aliphatic carbocycles. The Morgan fingerprint density at radius 1 is 1.12 bits per heavy atom. The van der Waals surface area contributed by atoms with Gasteiger partial charge in [0.2, 0.25) is 0 Å². The molecule has 2 aromatic carbocycles. The van der Waals surface area contributed by atoms with Crippen molar-refractivity contribution in [2.24, 2.45) is 0 Å². The van der Waals surface area contributed by atoms with E-state index in [1.807, 2.05) is 42.5 Å². The number of hydrogen-bond acceptors (Lipinski definition) is 6. The van der Waals surface area contributed by atoms with Crippen LogP contribution in [-0.4, -0.2) is 49.7 Å². The Morgan fingerprint density at radius 3 is 2.62 bits per heavy atom. The van der Waals surface area contributed by atoms with Crippen LogP contribution >= 0.6 is 11.6 Å². The third kappa shape index (κ3) is 4.59. The van der Waals surface area contributed by atoms with Crippen molar-refractivity contribution in [1.29, 1.82) is 0 Å². The van der Waals surface area contributed by atoms with E-state index in [9.17, 15) is 4.79 Å². The zero-order valence-electron chi connectivity index (χ0n) is 18.3. The van der Waals surface area contributed by atoms with Gasteiger partial charge in [-0.2, -0.15) is 9.78 Å². The molecule has 0 bridgehead atoms. The maximum atomic E-state index is 13.3. The summed E-state index contributed by atoms with van der Waals surface area (Å²) in [4.78, 5) is 15.5. The molecule has 0 saturated carbocycles. The minimum Gasteiger partial charge on any atom is -0.497 e. The van der Waals surface area contributed by atoms with Crippen LogP contribution in [0.1, 0.15) is 13.3 Å². The van der Waals surface area contributed by atoms with Crippen molar-refractivity contribution >= 4 is 23.0 Å². The number of ether oxygens (including phenoxy) is 2. The van der Waals surface area contributed by atoms with Crippen molar-refractivity contribution < 1.29 is 9.47 Å². The van der Waals surface area contributed by atoms with E-state index >= 15 is 0 Å². The SMILES string of the molecule is CCCNc1cc(-c2cccc(OC)c2)nn(-c2cccc(N3CCOCC3)c2Cl)c1=O. The number of hydrogen-bond donors (Lipinski definition) is 1. The maximum absolute atomic E-state index is 13.3. The number of aromatic nitrogens is 2. The first-order chi connectivity index (χ1) is 15.6. The van der Waals surface area contributed by atoms with Crippen LogP contribution in [0.15, 0.2) is 53.3 Å². The molecule has 3 aromatic rings. The molecule has 32 heavy (non-hydrogen) atoms. The molecule has 0 radical (unpaired) electrons. The Bertz CT molecular complexity index is 1140. The molecule has 1 aliphatic heterocycles. The standard InChI is InChI=1S/C24H27ClN4O3/c1-3-10-26-20-16-19(17-6-4-7-18(15-17)31-2)27-29(24(20)30)22-9-5-8-21(23(22)25)28-11-13-32-14-12-28/h4-9,15-16,26H,3,10-14H2,1-2H3. The van der Waals surface area contributed by atoms with Crippen LogP contribution in [-0.2, 0) is 4.74 Å². The quantitative estimate of drug-likeness (QED) is 0.576. The normalized spacial score (nSPS) is 13.8. The van der Waals surface area contributed by atoms with Gasteiger partial charge in [-0.05, 0) is 36.8 Å². The second-order valence-electron chi connectivity index (χ2n) is 7.53. The second-order valence-corrected chi connectivity index (χ2v) is 7.91. The first-order valence-electron chi connectivity index (χ1n) is 10.8. The summed E-state index contributed by atoms with van der Waals surface area (Å²) in [6.07, 6.45) is 0.892. The van der Waals surface area contributed by atoms with Gasteiger partial charge in [0.25, 0.3) is 5.56 Å². The van der Waals surface area contributed by atoms with Crippen molar-refractivity contribution in [2.75, 3.05) is 50.2 Å². The summed E-state index contributed by atoms with van der Waals surface area (Å²) >= 11 is 6.83. The summed E-state index contributed by atoms with van der Waals surface area (Å²) in [5.41, 5.74) is 3.15. The van der Waals surface area contributed by atoms with Crippen LogP contribution in [0.2, 0.25) is 5.02 Å². The minimum atomic E-state index is -0.244. The highest BCUT2D eigenvalue weighted by Gasteiger charge is 2.19. The fraction of sp³-hybridized carbons (Fsp3) is 0.333. The second kappa shape index (κ2) is 10.1. The first-order valence-corrected chi connectivity index (χ1v) is 11.1. The summed E-state index contributed by atoms with van der Waals surface area (Å²) in [6, 6.07) is 15.1. The molecular formula is C24H27ClN4O3. The average molecular weight is 455 g/mol. The van der Waals surface area contributed by atoms with E-state index in [0.717, 1.165) is 36.5 Å². The van der Waals surface area contributed by atoms with Gasteiger partial charge >= 0.3 is 0 Å². The highest BCUT2D eigenvalue weighted by molar-refractivity contribution is 6.35. The lowest BCUT2D eigenvalue weighted by Gasteiger charge is -2.30. The van der Waals surface area contributed by atoms with Gasteiger partial charge in [0.15, 0.2) is 0 Å². The number of methoxy groups -OCH3 is 1. The van der Waals surface area contributed by atoms with E-state index < -0.39 is 0 Å². The smallest absolute Gasteiger partial charge is 0.294 e. The largest absolute Gasteiger partial charge is 0.497 e. The van der Waals surface area contributed by atoms with Crippen molar-refractivity contribution in [3.63, 3.8) is 0 Å². The van der Waals surface area contributed by atoms with E-state index in [1.54, 1.807) is 13.2 Å². The molecule has 2 heterocycles. The molecule has 1 N–H and O–H groups in total. The van der Waals surface area contributed by atoms with Crippen LogP contribution in [0.3, 0.4) is 0 Å². The monoisotopic (exact) mass is 454 g/mol. The first kappa shape index (κ1) is 22.2. The number of anilines is 2. The van der Waals surface area contributed by atoms with E-state index in [0.29, 0.717) is 41.8 Å². The van der Waals surface area contributed by atoms with Crippen LogP contribution < -0.4 is 20.5 Å².